The molecular weight excluding hydrogens is 394 g/mol. The number of H-pyrrole nitrogens is 1. The largest absolute Gasteiger partial charge is 0.387 e. The van der Waals surface area contributed by atoms with Crippen molar-refractivity contribution < 1.29 is 14.8 Å². The van der Waals surface area contributed by atoms with Crippen LogP contribution in [-0.4, -0.2) is 37.2 Å². The van der Waals surface area contributed by atoms with E-state index in [4.69, 9.17) is 12.2 Å². The Labute approximate surface area is 171 Å². The third kappa shape index (κ3) is 4.92. The first-order valence-corrected chi connectivity index (χ1v) is 9.17. The van der Waals surface area contributed by atoms with Crippen LogP contribution in [0.15, 0.2) is 48.5 Å². The number of rotatable bonds is 7. The monoisotopic (exact) mass is 413 g/mol. The number of nitrogens with one attached hydrogen (secondary N) is 2. The van der Waals surface area contributed by atoms with Crippen LogP contribution in [-0.2, 0) is 11.3 Å². The Morgan fingerprint density at radius 3 is 2.55 bits per heavy atom. The van der Waals surface area contributed by atoms with E-state index in [0.29, 0.717) is 16.2 Å². The first-order valence-electron chi connectivity index (χ1n) is 8.76. The van der Waals surface area contributed by atoms with E-state index in [0.717, 1.165) is 11.1 Å². The molecule has 1 atom stereocenters. The van der Waals surface area contributed by atoms with Gasteiger partial charge < -0.3 is 10.4 Å². The number of hydrogen-bond donors (Lipinski definition) is 3. The van der Waals surface area contributed by atoms with Crippen LogP contribution >= 0.6 is 12.2 Å². The van der Waals surface area contributed by atoms with Gasteiger partial charge in [0.2, 0.25) is 5.91 Å². The molecule has 3 aromatic rings. The zero-order valence-electron chi connectivity index (χ0n) is 15.5. The van der Waals surface area contributed by atoms with Gasteiger partial charge in [0.05, 0.1) is 11.0 Å². The van der Waals surface area contributed by atoms with E-state index in [2.05, 4.69) is 15.5 Å². The number of aliphatic hydroxyl groups is 1. The lowest BCUT2D eigenvalue weighted by Crippen LogP contribution is -2.31. The standard InChI is InChI=1S/C19H19N5O4S/c1-12-2-4-14(5-3-12)18-21-22-19(29)23(18)11-17(26)20-10-16(25)13-6-8-15(9-7-13)24(27)28/h2-9,16,25H,10-11H2,1H3,(H,20,26)(H,22,29)/t16-/m0/s1. The second kappa shape index (κ2) is 8.76. The first kappa shape index (κ1) is 20.4. The zero-order valence-corrected chi connectivity index (χ0v) is 16.3. The van der Waals surface area contributed by atoms with Gasteiger partial charge in [0.25, 0.3) is 5.69 Å². The molecule has 1 aromatic heterocycles. The van der Waals surface area contributed by atoms with Crippen LogP contribution in [0.25, 0.3) is 11.4 Å². The van der Waals surface area contributed by atoms with Crippen LogP contribution < -0.4 is 5.32 Å². The second-order valence-corrected chi connectivity index (χ2v) is 6.86. The molecule has 0 aliphatic heterocycles. The van der Waals surface area contributed by atoms with Crippen molar-refractivity contribution in [1.29, 1.82) is 0 Å². The lowest BCUT2D eigenvalue weighted by molar-refractivity contribution is -0.384. The van der Waals surface area contributed by atoms with Gasteiger partial charge in [0.15, 0.2) is 10.6 Å². The highest BCUT2D eigenvalue weighted by molar-refractivity contribution is 7.71. The fourth-order valence-corrected chi connectivity index (χ4v) is 2.93. The number of carbonyl (C=O) groups is 1. The molecular formula is C19H19N5O4S. The van der Waals surface area contributed by atoms with E-state index >= 15 is 0 Å². The van der Waals surface area contributed by atoms with Gasteiger partial charge in [-0.2, -0.15) is 5.10 Å². The Balaban J connectivity index is 1.64. The SMILES string of the molecule is Cc1ccc(-c2n[nH]c(=S)n2CC(=O)NC[C@H](O)c2ccc([N+](=O)[O-])cc2)cc1. The normalized spacial score (nSPS) is 11.8. The Morgan fingerprint density at radius 1 is 1.28 bits per heavy atom. The molecule has 0 saturated carbocycles. The highest BCUT2D eigenvalue weighted by Gasteiger charge is 2.15. The summed E-state index contributed by atoms with van der Waals surface area (Å²) in [4.78, 5) is 22.5. The highest BCUT2D eigenvalue weighted by atomic mass is 32.1. The minimum Gasteiger partial charge on any atom is -0.387 e. The van der Waals surface area contributed by atoms with E-state index in [1.54, 1.807) is 4.57 Å². The van der Waals surface area contributed by atoms with E-state index in [-0.39, 0.29) is 24.7 Å². The summed E-state index contributed by atoms with van der Waals surface area (Å²) in [5, 5.41) is 30.4. The number of nitro benzene ring substituents is 1. The number of nitro groups is 1. The van der Waals surface area contributed by atoms with Crippen molar-refractivity contribution in [2.24, 2.45) is 0 Å². The molecule has 150 valence electrons. The van der Waals surface area contributed by atoms with Gasteiger partial charge in [-0.1, -0.05) is 29.8 Å². The van der Waals surface area contributed by atoms with Crippen LogP contribution in [0.3, 0.4) is 0 Å². The van der Waals surface area contributed by atoms with Crippen LogP contribution in [0, 0.1) is 21.8 Å². The number of hydrogen-bond acceptors (Lipinski definition) is 6. The van der Waals surface area contributed by atoms with E-state index in [1.165, 1.54) is 24.3 Å². The van der Waals surface area contributed by atoms with Gasteiger partial charge in [-0.3, -0.25) is 24.6 Å². The van der Waals surface area contributed by atoms with Gasteiger partial charge in [-0.25, -0.2) is 0 Å². The lowest BCUT2D eigenvalue weighted by Gasteiger charge is -2.13. The average molecular weight is 413 g/mol. The first-order chi connectivity index (χ1) is 13.8. The quantitative estimate of drug-likeness (QED) is 0.311. The molecule has 3 N–H and O–H groups in total. The second-order valence-electron chi connectivity index (χ2n) is 6.47. The maximum atomic E-state index is 12.4. The molecule has 0 fully saturated rings. The molecule has 3 rings (SSSR count). The number of nitrogens with zero attached hydrogens (tertiary/aromatic N) is 3. The van der Waals surface area contributed by atoms with Crippen molar-refractivity contribution in [1.82, 2.24) is 20.1 Å². The molecule has 0 spiro atoms. The van der Waals surface area contributed by atoms with Gasteiger partial charge in [0.1, 0.15) is 6.54 Å². The van der Waals surface area contributed by atoms with Crippen molar-refractivity contribution in [2.45, 2.75) is 19.6 Å². The molecule has 0 unspecified atom stereocenters. The number of aryl methyl sites for hydroxylation is 1. The minimum atomic E-state index is -0.992. The lowest BCUT2D eigenvalue weighted by atomic mass is 10.1. The van der Waals surface area contributed by atoms with Crippen molar-refractivity contribution in [3.05, 3.63) is 74.5 Å². The summed E-state index contributed by atoms with van der Waals surface area (Å²) in [6.07, 6.45) is -0.992. The Morgan fingerprint density at radius 2 is 1.93 bits per heavy atom. The maximum Gasteiger partial charge on any atom is 0.269 e. The van der Waals surface area contributed by atoms with Gasteiger partial charge in [-0.15, -0.1) is 0 Å². The molecule has 9 nitrogen and oxygen atoms in total. The van der Waals surface area contributed by atoms with Crippen LogP contribution in [0.5, 0.6) is 0 Å². The van der Waals surface area contributed by atoms with Crippen molar-refractivity contribution >= 4 is 23.8 Å². The summed E-state index contributed by atoms with van der Waals surface area (Å²) >= 11 is 5.22. The molecule has 0 radical (unpaired) electrons. The summed E-state index contributed by atoms with van der Waals surface area (Å²) in [5.41, 5.74) is 2.33. The molecule has 0 saturated heterocycles. The number of non-ortho nitro benzene ring substituents is 1. The molecule has 1 amide bonds. The van der Waals surface area contributed by atoms with Gasteiger partial charge >= 0.3 is 0 Å². The van der Waals surface area contributed by atoms with Crippen LogP contribution in [0.1, 0.15) is 17.2 Å². The summed E-state index contributed by atoms with van der Waals surface area (Å²) < 4.78 is 1.89. The van der Waals surface area contributed by atoms with Gasteiger partial charge in [-0.05, 0) is 36.8 Å². The molecule has 1 heterocycles. The highest BCUT2D eigenvalue weighted by Crippen LogP contribution is 2.19. The van der Waals surface area contributed by atoms with Crippen molar-refractivity contribution in [3.63, 3.8) is 0 Å². The van der Waals surface area contributed by atoms with Crippen molar-refractivity contribution in [3.8, 4) is 11.4 Å². The summed E-state index contributed by atoms with van der Waals surface area (Å²) in [7, 11) is 0. The van der Waals surface area contributed by atoms with Crippen LogP contribution in [0.4, 0.5) is 5.69 Å². The summed E-state index contributed by atoms with van der Waals surface area (Å²) in [5.74, 6) is 0.192. The third-order valence-electron chi connectivity index (χ3n) is 4.35. The Kier molecular flexibility index (Phi) is 6.15. The fourth-order valence-electron chi connectivity index (χ4n) is 2.73. The third-order valence-corrected chi connectivity index (χ3v) is 4.66. The molecule has 0 aliphatic carbocycles. The number of carbonyl (C=O) groups excluding carboxylic acids is 1. The number of benzene rings is 2. The smallest absolute Gasteiger partial charge is 0.269 e. The number of aromatic nitrogens is 3. The minimum absolute atomic E-state index is 0.0400. The van der Waals surface area contributed by atoms with Crippen LogP contribution in [0.2, 0.25) is 0 Å². The predicted molar refractivity (Wildman–Crippen MR) is 109 cm³/mol. The van der Waals surface area contributed by atoms with Gasteiger partial charge in [0, 0.05) is 24.2 Å². The average Bonchev–Trinajstić information content (AvgIpc) is 3.07. The number of amides is 1. The summed E-state index contributed by atoms with van der Waals surface area (Å²) in [6.45, 7) is 1.87. The topological polar surface area (TPSA) is 126 Å². The molecule has 0 bridgehead atoms. The molecule has 2 aromatic carbocycles. The van der Waals surface area contributed by atoms with E-state index in [9.17, 15) is 20.0 Å². The molecule has 29 heavy (non-hydrogen) atoms. The number of aliphatic hydroxyl groups excluding tert-OH is 1. The maximum absolute atomic E-state index is 12.4. The summed E-state index contributed by atoms with van der Waals surface area (Å²) in [6, 6.07) is 13.2. The fraction of sp³-hybridized carbons (Fsp3) is 0.211. The van der Waals surface area contributed by atoms with Crippen molar-refractivity contribution in [2.75, 3.05) is 6.54 Å². The molecule has 10 heteroatoms. The number of aromatic amines is 1. The zero-order chi connectivity index (χ0) is 21.0. The molecule has 0 aliphatic rings. The predicted octanol–water partition coefficient (Wildman–Crippen LogP) is 2.67. The Hall–Kier alpha value is -3.37. The Bertz CT molecular complexity index is 1070. The van der Waals surface area contributed by atoms with E-state index < -0.39 is 11.0 Å². The van der Waals surface area contributed by atoms with E-state index in [1.807, 2.05) is 31.2 Å².